The topological polar surface area (TPSA) is 66.4 Å². The number of hydrogen-bond acceptors (Lipinski definition) is 5. The third-order valence-electron chi connectivity index (χ3n) is 4.61. The van der Waals surface area contributed by atoms with E-state index >= 15 is 0 Å². The van der Waals surface area contributed by atoms with Gasteiger partial charge in [-0.15, -0.1) is 18.4 Å². The second-order valence-corrected chi connectivity index (χ2v) is 8.13. The Kier molecular flexibility index (Phi) is 20.6. The summed E-state index contributed by atoms with van der Waals surface area (Å²) in [5.74, 6) is -2.17. The summed E-state index contributed by atoms with van der Waals surface area (Å²) in [4.78, 5) is 24.6. The molecule has 0 aliphatic heterocycles. The van der Waals surface area contributed by atoms with Gasteiger partial charge >= 0.3 is 41.7 Å². The second-order valence-electron chi connectivity index (χ2n) is 7.08. The van der Waals surface area contributed by atoms with E-state index in [0.717, 1.165) is 18.2 Å². The minimum atomic E-state index is -4.40. The number of benzene rings is 1. The third-order valence-corrected chi connectivity index (χ3v) is 6.11. The molecule has 9 heteroatoms. The zero-order valence-electron chi connectivity index (χ0n) is 21.0. The molecule has 2 unspecified atom stereocenters. The van der Waals surface area contributed by atoms with Crippen molar-refractivity contribution in [2.45, 2.75) is 59.0 Å². The third kappa shape index (κ3) is 13.0. The van der Waals surface area contributed by atoms with Gasteiger partial charge in [-0.1, -0.05) is 48.1 Å². The van der Waals surface area contributed by atoms with Crippen LogP contribution in [0.5, 0.6) is 0 Å². The van der Waals surface area contributed by atoms with Gasteiger partial charge in [0.25, 0.3) is 0 Å². The van der Waals surface area contributed by atoms with Gasteiger partial charge in [-0.2, -0.15) is 13.2 Å². The SMILES string of the molecule is C=CC(=O)CC(C(C[O-])C(=O)OC)C(C)(C)CSc1ccc(C(F)(F)F)cc1.CC.CC.[Na+]. The van der Waals surface area contributed by atoms with Gasteiger partial charge in [-0.25, -0.2) is 0 Å². The van der Waals surface area contributed by atoms with Crippen molar-refractivity contribution < 1.29 is 62.2 Å². The summed E-state index contributed by atoms with van der Waals surface area (Å²) >= 11 is 1.30. The van der Waals surface area contributed by atoms with Crippen molar-refractivity contribution in [3.8, 4) is 0 Å². The van der Waals surface area contributed by atoms with E-state index in [1.54, 1.807) is 0 Å². The fraction of sp³-hybridized carbons (Fsp3) is 0.583. The van der Waals surface area contributed by atoms with E-state index in [9.17, 15) is 27.9 Å². The quantitative estimate of drug-likeness (QED) is 0.214. The van der Waals surface area contributed by atoms with Crippen LogP contribution in [0, 0.1) is 17.3 Å². The molecule has 0 heterocycles. The first-order valence-electron chi connectivity index (χ1n) is 10.6. The van der Waals surface area contributed by atoms with Crippen molar-refractivity contribution in [3.63, 3.8) is 0 Å². The first-order valence-corrected chi connectivity index (χ1v) is 11.6. The summed E-state index contributed by atoms with van der Waals surface area (Å²) in [7, 11) is 1.18. The number of esters is 1. The van der Waals surface area contributed by atoms with Crippen molar-refractivity contribution in [1.82, 2.24) is 0 Å². The smallest absolute Gasteiger partial charge is 0.854 e. The van der Waals surface area contributed by atoms with Crippen LogP contribution in [0.25, 0.3) is 0 Å². The van der Waals surface area contributed by atoms with Crippen LogP contribution in [-0.2, 0) is 20.5 Å². The van der Waals surface area contributed by atoms with Crippen LogP contribution >= 0.6 is 11.8 Å². The predicted molar refractivity (Wildman–Crippen MR) is 122 cm³/mol. The number of alkyl halides is 3. The Balaban J connectivity index is -0.00000170. The van der Waals surface area contributed by atoms with Gasteiger partial charge in [0.1, 0.15) is 0 Å². The summed E-state index contributed by atoms with van der Waals surface area (Å²) in [5.41, 5.74) is -1.38. The van der Waals surface area contributed by atoms with Gasteiger partial charge in [0.2, 0.25) is 0 Å². The van der Waals surface area contributed by atoms with Crippen molar-refractivity contribution in [1.29, 1.82) is 0 Å². The standard InChI is InChI=1S/C20H24F3O4S.2C2H6.Na/c1-5-14(25)10-17(16(11-24)18(26)27-4)19(2,3)12-28-15-8-6-13(7-9-15)20(21,22)23;2*1-2;/h5-9,16-17H,1,10-12H2,2-4H3;2*1-2H3;/q-1;;;+1. The van der Waals surface area contributed by atoms with E-state index in [4.69, 9.17) is 4.74 Å². The van der Waals surface area contributed by atoms with Crippen LogP contribution in [0.2, 0.25) is 0 Å². The van der Waals surface area contributed by atoms with Crippen LogP contribution in [-0.4, -0.2) is 31.2 Å². The molecule has 0 spiro atoms. The largest absolute Gasteiger partial charge is 1.00 e. The minimum absolute atomic E-state index is 0. The van der Waals surface area contributed by atoms with Crippen LogP contribution in [0.1, 0.15) is 53.5 Å². The second kappa shape index (κ2) is 18.5. The predicted octanol–water partition coefficient (Wildman–Crippen LogP) is 2.79. The van der Waals surface area contributed by atoms with Gasteiger partial charge in [0.15, 0.2) is 5.78 Å². The van der Waals surface area contributed by atoms with Crippen molar-refractivity contribution in [2.75, 3.05) is 19.5 Å². The Morgan fingerprint density at radius 2 is 1.61 bits per heavy atom. The molecule has 0 amide bonds. The Hall–Kier alpha value is -0.800. The van der Waals surface area contributed by atoms with Gasteiger partial charge < -0.3 is 9.84 Å². The molecule has 0 N–H and O–H groups in total. The first kappa shape index (κ1) is 36.8. The maximum Gasteiger partial charge on any atom is 1.00 e. The van der Waals surface area contributed by atoms with E-state index in [-0.39, 0.29) is 41.8 Å². The molecule has 1 aromatic carbocycles. The molecule has 33 heavy (non-hydrogen) atoms. The maximum atomic E-state index is 12.7. The number of rotatable bonds is 10. The molecule has 184 valence electrons. The first-order chi connectivity index (χ1) is 15.0. The molecular weight excluding hydrogens is 464 g/mol. The Bertz CT molecular complexity index is 692. The van der Waals surface area contributed by atoms with Crippen LogP contribution in [0.4, 0.5) is 13.2 Å². The molecule has 0 fully saturated rings. The van der Waals surface area contributed by atoms with E-state index in [1.165, 1.54) is 31.0 Å². The Morgan fingerprint density at radius 1 is 1.12 bits per heavy atom. The molecule has 2 atom stereocenters. The summed E-state index contributed by atoms with van der Waals surface area (Å²) < 4.78 is 42.7. The van der Waals surface area contributed by atoms with Crippen molar-refractivity contribution in [3.05, 3.63) is 42.5 Å². The van der Waals surface area contributed by atoms with Crippen LogP contribution in [0.15, 0.2) is 41.8 Å². The average Bonchev–Trinajstić information content (AvgIpc) is 2.79. The number of methoxy groups -OCH3 is 1. The molecule has 0 saturated heterocycles. The van der Waals surface area contributed by atoms with Crippen LogP contribution in [0.3, 0.4) is 0 Å². The maximum absolute atomic E-state index is 12.7. The molecule has 0 aliphatic carbocycles. The average molecular weight is 501 g/mol. The van der Waals surface area contributed by atoms with Crippen molar-refractivity contribution >= 4 is 23.5 Å². The van der Waals surface area contributed by atoms with Crippen LogP contribution < -0.4 is 34.7 Å². The number of halogens is 3. The summed E-state index contributed by atoms with van der Waals surface area (Å²) in [6.45, 7) is 14.3. The number of allylic oxidation sites excluding steroid dienone is 1. The molecule has 1 rings (SSSR count). The number of carbonyl (C=O) groups is 2. The molecule has 0 radical (unpaired) electrons. The molecular formula is C24H36F3NaO4S. The summed E-state index contributed by atoms with van der Waals surface area (Å²) in [6, 6.07) is 4.75. The van der Waals surface area contributed by atoms with E-state index in [1.807, 2.05) is 41.5 Å². The van der Waals surface area contributed by atoms with Gasteiger partial charge in [-0.3, -0.25) is 9.59 Å². The Morgan fingerprint density at radius 3 is 1.97 bits per heavy atom. The van der Waals surface area contributed by atoms with E-state index in [0.29, 0.717) is 10.6 Å². The fourth-order valence-electron chi connectivity index (χ4n) is 2.88. The molecule has 0 bridgehead atoms. The van der Waals surface area contributed by atoms with Gasteiger partial charge in [-0.05, 0) is 41.7 Å². The number of ether oxygens (including phenoxy) is 1. The van der Waals surface area contributed by atoms with Gasteiger partial charge in [0, 0.05) is 23.0 Å². The van der Waals surface area contributed by atoms with Crippen molar-refractivity contribution in [2.24, 2.45) is 17.3 Å². The molecule has 4 nitrogen and oxygen atoms in total. The monoisotopic (exact) mass is 500 g/mol. The van der Waals surface area contributed by atoms with E-state index in [2.05, 4.69) is 6.58 Å². The summed E-state index contributed by atoms with van der Waals surface area (Å²) in [6.07, 6.45) is -3.29. The molecule has 0 saturated carbocycles. The minimum Gasteiger partial charge on any atom is -0.854 e. The summed E-state index contributed by atoms with van der Waals surface area (Å²) in [5, 5.41) is 11.6. The fourth-order valence-corrected chi connectivity index (χ4v) is 3.96. The molecule has 0 aromatic heterocycles. The zero-order valence-corrected chi connectivity index (χ0v) is 23.9. The Labute approximate surface area is 223 Å². The van der Waals surface area contributed by atoms with E-state index < -0.39 is 41.6 Å². The number of carbonyl (C=O) groups excluding carboxylic acids is 2. The zero-order chi connectivity index (χ0) is 25.5. The number of ketones is 1. The molecule has 0 aliphatic rings. The van der Waals surface area contributed by atoms with Gasteiger partial charge in [0.05, 0.1) is 12.7 Å². The number of thioether (sulfide) groups is 1. The normalized spacial score (nSPS) is 12.5. The number of hydrogen-bond donors (Lipinski definition) is 0. The molecule has 1 aromatic rings.